The van der Waals surface area contributed by atoms with Crippen LogP contribution in [0, 0.1) is 3.57 Å². The number of aliphatic hydroxyl groups excluding tert-OH is 5. The highest BCUT2D eigenvalue weighted by molar-refractivity contribution is 14.1. The minimum Gasteiger partial charge on any atom is -0.507 e. The third kappa shape index (κ3) is 19.2. The molecule has 0 radical (unpaired) electrons. The molecule has 14 atom stereocenters. The van der Waals surface area contributed by atoms with E-state index in [1.807, 2.05) is 22.6 Å². The van der Waals surface area contributed by atoms with Gasteiger partial charge in [-0.25, -0.2) is 4.79 Å². The van der Waals surface area contributed by atoms with Crippen molar-refractivity contribution in [3.63, 3.8) is 0 Å². The second kappa shape index (κ2) is 32.0. The Balaban J connectivity index is 1.44. The Morgan fingerprint density at radius 1 is 0.812 bits per heavy atom. The maximum Gasteiger partial charge on any atom is 0.328 e. The molecule has 7 amide bonds. The van der Waals surface area contributed by atoms with Crippen molar-refractivity contribution in [1.29, 1.82) is 0 Å². The van der Waals surface area contributed by atoms with Gasteiger partial charge in [0.1, 0.15) is 66.9 Å². The fourth-order valence-electron chi connectivity index (χ4n) is 9.44. The number of rotatable bonds is 20. The number of para-hydroxylation sites is 1. The third-order valence-electron chi connectivity index (χ3n) is 14.4. The molecule has 2 saturated heterocycles. The van der Waals surface area contributed by atoms with Crippen molar-refractivity contribution in [2.75, 3.05) is 31.2 Å². The number of H-pyrrole nitrogens is 1. The van der Waals surface area contributed by atoms with E-state index in [0.29, 0.717) is 50.5 Å². The Labute approximate surface area is 510 Å². The molecule has 0 spiro atoms. The summed E-state index contributed by atoms with van der Waals surface area (Å²) in [7, 11) is 1.72. The van der Waals surface area contributed by atoms with Crippen LogP contribution >= 0.6 is 44.2 Å². The van der Waals surface area contributed by atoms with Crippen LogP contribution in [0.2, 0.25) is 0 Å². The number of aromatic amines is 1. The van der Waals surface area contributed by atoms with Crippen molar-refractivity contribution in [2.24, 2.45) is 0 Å². The monoisotopic (exact) mass is 1340 g/mol. The minimum atomic E-state index is -2.47. The number of nitrogens with one attached hydrogen (secondary N) is 8. The smallest absolute Gasteiger partial charge is 0.328 e. The fourth-order valence-corrected chi connectivity index (χ4v) is 12.3. The van der Waals surface area contributed by atoms with Gasteiger partial charge in [-0.3, -0.25) is 33.6 Å². The number of hydrogen-bond acceptors (Lipinski definition) is 18. The number of unbranched alkanes of at least 4 members (excludes halogenated alkanes) is 1. The number of hydrogen-bond donors (Lipinski definition) is 18. The van der Waals surface area contributed by atoms with E-state index in [1.54, 1.807) is 66.9 Å². The van der Waals surface area contributed by atoms with E-state index in [0.717, 1.165) is 28.5 Å². The second-order valence-electron chi connectivity index (χ2n) is 21.0. The van der Waals surface area contributed by atoms with Crippen molar-refractivity contribution in [3.05, 3.63) is 99.3 Å². The lowest BCUT2D eigenvalue weighted by Gasteiger charge is -2.40. The van der Waals surface area contributed by atoms with Crippen LogP contribution in [0.25, 0.3) is 10.9 Å². The molecular weight excluding hydrogens is 1260 g/mol. The Morgan fingerprint density at radius 3 is 2.13 bits per heavy atom. The number of amides is 7. The summed E-state index contributed by atoms with van der Waals surface area (Å²) in [6, 6.07) is 7.56. The molecule has 21 N–H and O–H groups in total. The maximum atomic E-state index is 15.1. The van der Waals surface area contributed by atoms with Crippen LogP contribution in [-0.2, 0) is 62.4 Å². The quantitative estimate of drug-likeness (QED) is 0.0225. The van der Waals surface area contributed by atoms with Crippen LogP contribution in [0.4, 0.5) is 0 Å². The number of aromatic hydroxyl groups is 1. The molecule has 464 valence electrons. The zero-order valence-electron chi connectivity index (χ0n) is 46.5. The van der Waals surface area contributed by atoms with E-state index in [-0.39, 0.29) is 37.2 Å². The summed E-state index contributed by atoms with van der Waals surface area (Å²) in [5, 5.41) is 104. The van der Waals surface area contributed by atoms with Crippen molar-refractivity contribution >= 4 is 102 Å². The van der Waals surface area contributed by atoms with Crippen LogP contribution in [0.15, 0.2) is 79.0 Å². The molecule has 30 heteroatoms. The van der Waals surface area contributed by atoms with Gasteiger partial charge in [0.05, 0.1) is 28.9 Å². The molecule has 0 saturated carbocycles. The topological polar surface area (TPSA) is 452 Å². The average molecular weight is 1340 g/mol. The number of halogens is 1. The Bertz CT molecular complexity index is 2970. The van der Waals surface area contributed by atoms with Gasteiger partial charge in [0, 0.05) is 47.9 Å². The standard InChI is InChI=1S/C55H73IN10O17S2/c1-27(67)43-53(79)64-40(52(78)66-44(28(2)68)54(80)81)25-85-84-24-39(63-48(74)36(19-29-10-4-3-5-11-29)59-26-55(82)46(72)45(71)42(70)23-83-55)51(77)61-37(20-30-15-16-41(69)33(56)18-30)49(75)62-38(21-31-22-58-34-13-7-6-12-32(31)34)50(76)60-35(47(73)65-43)14-8-9-17-57/h3-7,10-13,15-16,18,22,27-28,35-40,42-46,58-59,67-72,82H,8-9,14,17,19-21,23-26,57H2,1-2H3,(H,60,76)(H,61,77)(H,62,75)(H,63,74)(H,64,79)(H,65,73)(H,66,78)(H,80,81)/p+2/t27?,28?,35-,36?,37-,38+,39?,40-,42?,43-,44-,45+,46?,55?/m0/s1. The first-order valence-electron chi connectivity index (χ1n) is 27.4. The van der Waals surface area contributed by atoms with E-state index in [9.17, 15) is 69.6 Å². The largest absolute Gasteiger partial charge is 0.507 e. The second-order valence-corrected chi connectivity index (χ2v) is 24.7. The summed E-state index contributed by atoms with van der Waals surface area (Å²) < 4.78 is 5.76. The Morgan fingerprint density at radius 2 is 1.46 bits per heavy atom. The zero-order chi connectivity index (χ0) is 62.1. The van der Waals surface area contributed by atoms with Gasteiger partial charge in [0.2, 0.25) is 41.2 Å². The van der Waals surface area contributed by atoms with E-state index in [2.05, 4.69) is 47.9 Å². The first kappa shape index (κ1) is 67.9. The fraction of sp³-hybridized carbons (Fsp3) is 0.491. The number of carbonyl (C=O) groups excluding carboxylic acids is 7. The zero-order valence-corrected chi connectivity index (χ0v) is 50.3. The highest BCUT2D eigenvalue weighted by Gasteiger charge is 2.51. The number of quaternary nitrogens is 2. The number of carboxylic acids is 1. The predicted octanol–water partition coefficient (Wildman–Crippen LogP) is -4.71. The number of aromatic nitrogens is 1. The molecule has 27 nitrogen and oxygen atoms in total. The summed E-state index contributed by atoms with van der Waals surface area (Å²) in [5.74, 6) is -11.7. The molecule has 0 aliphatic carbocycles. The van der Waals surface area contributed by atoms with Gasteiger partial charge in [0.15, 0.2) is 12.1 Å². The van der Waals surface area contributed by atoms with Crippen LogP contribution in [0.5, 0.6) is 5.75 Å². The molecule has 0 bridgehead atoms. The number of nitrogens with two attached hydrogens (primary N) is 1. The lowest BCUT2D eigenvalue weighted by Crippen LogP contribution is -2.97. The summed E-state index contributed by atoms with van der Waals surface area (Å²) in [4.78, 5) is 118. The molecule has 6 rings (SSSR count). The lowest BCUT2D eigenvalue weighted by atomic mass is 9.96. The normalized spacial score (nSPS) is 26.5. The highest BCUT2D eigenvalue weighted by Crippen LogP contribution is 2.26. The number of benzene rings is 3. The van der Waals surface area contributed by atoms with Crippen molar-refractivity contribution < 1.29 is 95.0 Å². The summed E-state index contributed by atoms with van der Waals surface area (Å²) in [5.41, 5.74) is 6.16. The van der Waals surface area contributed by atoms with Crippen molar-refractivity contribution in [2.45, 2.75) is 137 Å². The molecule has 3 heterocycles. The van der Waals surface area contributed by atoms with Crippen LogP contribution in [0.1, 0.15) is 49.8 Å². The van der Waals surface area contributed by atoms with Gasteiger partial charge in [-0.2, -0.15) is 0 Å². The van der Waals surface area contributed by atoms with Crippen LogP contribution < -0.4 is 48.3 Å². The van der Waals surface area contributed by atoms with Gasteiger partial charge in [-0.15, -0.1) is 0 Å². The number of carbonyl (C=O) groups is 8. The minimum absolute atomic E-state index is 0.0249. The first-order valence-corrected chi connectivity index (χ1v) is 31.0. The van der Waals surface area contributed by atoms with Gasteiger partial charge in [0.25, 0.3) is 5.91 Å². The molecule has 85 heavy (non-hydrogen) atoms. The number of ether oxygens (including phenoxy) is 1. The number of aliphatic hydroxyl groups is 6. The first-order chi connectivity index (χ1) is 40.4. The van der Waals surface area contributed by atoms with Crippen molar-refractivity contribution in [1.82, 2.24) is 42.2 Å². The lowest BCUT2D eigenvalue weighted by molar-refractivity contribution is -0.700. The van der Waals surface area contributed by atoms with Crippen molar-refractivity contribution in [3.8, 4) is 5.75 Å². The SMILES string of the molecule is CC(O)[C@H](NC(=O)[C@@H]1CSSCC(NC(=O)C(Cc2ccccc2)[NH2+]CC2(O)OCC(O)[C@@H](O)C2O)C(=O)N[C@@H](Cc2ccc(O)c(I)c2)C(=O)N[C@H](Cc2c[nH]c3ccccc23)C(=O)N[C@@H](CCCC[NH3+])C(=O)N[C@@H](C(C)O)C(=O)N1)C(=O)O. The van der Waals surface area contributed by atoms with Gasteiger partial charge >= 0.3 is 5.97 Å². The average Bonchev–Trinajstić information content (AvgIpc) is 3.93. The van der Waals surface area contributed by atoms with Crippen LogP contribution in [0.3, 0.4) is 0 Å². The van der Waals surface area contributed by atoms with E-state index < -0.39 is 151 Å². The number of fused-ring (bicyclic) bond motifs is 1. The Kier molecular flexibility index (Phi) is 25.6. The molecule has 4 aromatic rings. The highest BCUT2D eigenvalue weighted by atomic mass is 127. The number of aliphatic carboxylic acids is 1. The summed E-state index contributed by atoms with van der Waals surface area (Å²) in [6.45, 7) is 1.60. The Hall–Kier alpha value is -6.17. The van der Waals surface area contributed by atoms with Gasteiger partial charge in [-0.1, -0.05) is 76.2 Å². The molecule has 2 aliphatic rings. The number of phenolic OH excluding ortho intramolecular Hbond substituents is 1. The molecule has 2 fully saturated rings. The van der Waals surface area contributed by atoms with E-state index >= 15 is 9.59 Å². The maximum absolute atomic E-state index is 15.1. The van der Waals surface area contributed by atoms with Crippen LogP contribution in [-0.4, -0.2) is 209 Å². The molecular formula is C55H75IN10O17S2+2. The molecule has 7 unspecified atom stereocenters. The third-order valence-corrected chi connectivity index (χ3v) is 17.7. The summed E-state index contributed by atoms with van der Waals surface area (Å²) >= 11 is 1.89. The van der Waals surface area contributed by atoms with Gasteiger partial charge in [-0.05, 0) is 90.6 Å². The van der Waals surface area contributed by atoms with Gasteiger partial charge < -0.3 is 98.8 Å². The van der Waals surface area contributed by atoms with E-state index in [4.69, 9.17) is 4.74 Å². The number of carboxylic acid groups (broad SMARTS) is 1. The molecule has 1 aromatic heterocycles. The summed E-state index contributed by atoms with van der Waals surface area (Å²) in [6.07, 6.45) is -6.72. The predicted molar refractivity (Wildman–Crippen MR) is 317 cm³/mol. The van der Waals surface area contributed by atoms with E-state index in [1.165, 1.54) is 24.4 Å². The molecule has 3 aromatic carbocycles. The molecule has 2 aliphatic heterocycles. The number of phenols is 1.